The fourth-order valence-corrected chi connectivity index (χ4v) is 2.00. The van der Waals surface area contributed by atoms with Crippen LogP contribution < -0.4 is 5.32 Å². The quantitative estimate of drug-likeness (QED) is 0.851. The van der Waals surface area contributed by atoms with E-state index in [1.807, 2.05) is 0 Å². The van der Waals surface area contributed by atoms with Crippen LogP contribution in [0.3, 0.4) is 0 Å². The average molecular weight is 266 g/mol. The van der Waals surface area contributed by atoms with Crippen LogP contribution in [-0.2, 0) is 18.3 Å². The van der Waals surface area contributed by atoms with E-state index in [9.17, 15) is 9.59 Å². The Hall–Kier alpha value is -2.22. The molecule has 0 fully saturated rings. The van der Waals surface area contributed by atoms with Crippen molar-refractivity contribution in [3.63, 3.8) is 0 Å². The minimum atomic E-state index is -0.956. The molecule has 0 saturated carbocycles. The maximum Gasteiger partial charge on any atom is 0.309 e. The summed E-state index contributed by atoms with van der Waals surface area (Å²) in [5, 5.41) is 17.1. The largest absolute Gasteiger partial charge is 0.481 e. The van der Waals surface area contributed by atoms with Gasteiger partial charge in [0.2, 0.25) is 0 Å². The normalized spacial score (nSPS) is 10.3. The van der Waals surface area contributed by atoms with Crippen molar-refractivity contribution >= 4 is 28.3 Å². The van der Waals surface area contributed by atoms with Crippen LogP contribution in [0.15, 0.2) is 17.6 Å². The van der Waals surface area contributed by atoms with Crippen LogP contribution in [0.2, 0.25) is 0 Å². The Balaban J connectivity index is 2.03. The Bertz CT molecular complexity index is 589. The summed E-state index contributed by atoms with van der Waals surface area (Å²) in [6.45, 7) is 0. The molecule has 2 aromatic heterocycles. The third-order valence-corrected chi connectivity index (χ3v) is 2.86. The van der Waals surface area contributed by atoms with E-state index in [0.29, 0.717) is 10.8 Å². The molecule has 0 aliphatic carbocycles. The van der Waals surface area contributed by atoms with E-state index in [1.165, 1.54) is 16.0 Å². The fourth-order valence-electron chi connectivity index (χ4n) is 1.30. The second kappa shape index (κ2) is 4.96. The number of anilines is 1. The number of carboxylic acids is 1. The molecule has 2 rings (SSSR count). The minimum absolute atomic E-state index is 0.157. The van der Waals surface area contributed by atoms with E-state index in [-0.39, 0.29) is 18.0 Å². The second-order valence-corrected chi connectivity index (χ2v) is 4.40. The Labute approximate surface area is 106 Å². The Morgan fingerprint density at radius 1 is 1.56 bits per heavy atom. The highest BCUT2D eigenvalue weighted by Crippen LogP contribution is 2.16. The molecule has 8 heteroatoms. The molecule has 2 aromatic rings. The standard InChI is InChI=1S/C10H10N4O3S/c1-14-3-2-7(13-14)9(17)12-10-11-6(5-18-10)4-8(15)16/h2-3,5H,4H2,1H3,(H,15,16)(H,11,12,17). The number of nitrogens with one attached hydrogen (secondary N) is 1. The summed E-state index contributed by atoms with van der Waals surface area (Å²) in [4.78, 5) is 26.2. The van der Waals surface area contributed by atoms with Crippen molar-refractivity contribution < 1.29 is 14.7 Å². The number of aryl methyl sites for hydroxylation is 1. The lowest BCUT2D eigenvalue weighted by atomic mass is 10.3. The molecule has 2 heterocycles. The maximum absolute atomic E-state index is 11.7. The molecular formula is C10H10N4O3S. The lowest BCUT2D eigenvalue weighted by molar-refractivity contribution is -0.136. The summed E-state index contributed by atoms with van der Waals surface area (Å²) >= 11 is 1.18. The Morgan fingerprint density at radius 3 is 2.94 bits per heavy atom. The van der Waals surface area contributed by atoms with E-state index in [4.69, 9.17) is 5.11 Å². The minimum Gasteiger partial charge on any atom is -0.481 e. The Kier molecular flexibility index (Phi) is 3.38. The van der Waals surface area contributed by atoms with Crippen LogP contribution >= 0.6 is 11.3 Å². The highest BCUT2D eigenvalue weighted by molar-refractivity contribution is 7.14. The molecule has 1 amide bonds. The molecule has 0 spiro atoms. The number of hydrogen-bond acceptors (Lipinski definition) is 5. The number of nitrogens with zero attached hydrogens (tertiary/aromatic N) is 3. The molecule has 0 aromatic carbocycles. The third kappa shape index (κ3) is 2.92. The molecule has 0 unspecified atom stereocenters. The van der Waals surface area contributed by atoms with Gasteiger partial charge in [-0.05, 0) is 6.07 Å². The first-order valence-corrected chi connectivity index (χ1v) is 5.90. The van der Waals surface area contributed by atoms with Crippen LogP contribution in [0.5, 0.6) is 0 Å². The van der Waals surface area contributed by atoms with Crippen LogP contribution in [0.1, 0.15) is 16.2 Å². The van der Waals surface area contributed by atoms with Gasteiger partial charge in [-0.25, -0.2) is 4.98 Å². The van der Waals surface area contributed by atoms with Crippen molar-refractivity contribution in [2.75, 3.05) is 5.32 Å². The van der Waals surface area contributed by atoms with Crippen molar-refractivity contribution in [3.05, 3.63) is 29.0 Å². The highest BCUT2D eigenvalue weighted by Gasteiger charge is 2.12. The number of carbonyl (C=O) groups is 2. The van der Waals surface area contributed by atoms with Gasteiger partial charge in [0.25, 0.3) is 5.91 Å². The SMILES string of the molecule is Cn1ccc(C(=O)Nc2nc(CC(=O)O)cs2)n1. The zero-order valence-electron chi connectivity index (χ0n) is 9.45. The summed E-state index contributed by atoms with van der Waals surface area (Å²) in [5.41, 5.74) is 0.705. The first kappa shape index (κ1) is 12.2. The molecular weight excluding hydrogens is 256 g/mol. The van der Waals surface area contributed by atoms with Gasteiger partial charge in [-0.15, -0.1) is 11.3 Å². The predicted octanol–water partition coefficient (Wildman–Crippen LogP) is 0.756. The van der Waals surface area contributed by atoms with Crippen molar-refractivity contribution in [2.24, 2.45) is 7.05 Å². The van der Waals surface area contributed by atoms with Gasteiger partial charge in [-0.1, -0.05) is 0 Å². The van der Waals surface area contributed by atoms with Gasteiger partial charge in [0.05, 0.1) is 12.1 Å². The molecule has 0 aliphatic heterocycles. The smallest absolute Gasteiger partial charge is 0.309 e. The monoisotopic (exact) mass is 266 g/mol. The van der Waals surface area contributed by atoms with Crippen LogP contribution in [-0.4, -0.2) is 31.7 Å². The molecule has 2 N–H and O–H groups in total. The number of thiazole rings is 1. The number of aliphatic carboxylic acids is 1. The molecule has 7 nitrogen and oxygen atoms in total. The molecule has 94 valence electrons. The van der Waals surface area contributed by atoms with Gasteiger partial charge in [-0.2, -0.15) is 5.10 Å². The van der Waals surface area contributed by atoms with E-state index < -0.39 is 5.97 Å². The number of hydrogen-bond donors (Lipinski definition) is 2. The van der Waals surface area contributed by atoms with Crippen LogP contribution in [0.25, 0.3) is 0 Å². The number of rotatable bonds is 4. The van der Waals surface area contributed by atoms with Gasteiger partial charge in [0.1, 0.15) is 0 Å². The fraction of sp³-hybridized carbons (Fsp3) is 0.200. The van der Waals surface area contributed by atoms with Crippen molar-refractivity contribution in [1.29, 1.82) is 0 Å². The topological polar surface area (TPSA) is 97.1 Å². The van der Waals surface area contributed by atoms with Crippen molar-refractivity contribution in [1.82, 2.24) is 14.8 Å². The van der Waals surface area contributed by atoms with Gasteiger partial charge < -0.3 is 5.11 Å². The van der Waals surface area contributed by atoms with Gasteiger partial charge in [0.15, 0.2) is 10.8 Å². The number of carbonyl (C=O) groups excluding carboxylic acids is 1. The van der Waals surface area contributed by atoms with Crippen LogP contribution in [0.4, 0.5) is 5.13 Å². The average Bonchev–Trinajstić information content (AvgIpc) is 2.87. The molecule has 18 heavy (non-hydrogen) atoms. The van der Waals surface area contributed by atoms with Gasteiger partial charge in [-0.3, -0.25) is 19.6 Å². The van der Waals surface area contributed by atoms with Crippen molar-refractivity contribution in [3.8, 4) is 0 Å². The summed E-state index contributed by atoms with van der Waals surface area (Å²) in [5.74, 6) is -1.32. The second-order valence-electron chi connectivity index (χ2n) is 3.54. The first-order chi connectivity index (χ1) is 8.54. The number of carboxylic acid groups (broad SMARTS) is 1. The van der Waals surface area contributed by atoms with Crippen molar-refractivity contribution in [2.45, 2.75) is 6.42 Å². The maximum atomic E-state index is 11.7. The summed E-state index contributed by atoms with van der Waals surface area (Å²) in [6.07, 6.45) is 1.50. The van der Waals surface area contributed by atoms with E-state index in [2.05, 4.69) is 15.4 Å². The third-order valence-electron chi connectivity index (χ3n) is 2.05. The zero-order valence-corrected chi connectivity index (χ0v) is 10.3. The summed E-state index contributed by atoms with van der Waals surface area (Å²) in [6, 6.07) is 1.58. The summed E-state index contributed by atoms with van der Waals surface area (Å²) in [7, 11) is 1.71. The summed E-state index contributed by atoms with van der Waals surface area (Å²) < 4.78 is 1.52. The number of aromatic nitrogens is 3. The molecule has 0 radical (unpaired) electrons. The molecule has 0 bridgehead atoms. The lowest BCUT2D eigenvalue weighted by Gasteiger charge is -1.97. The van der Waals surface area contributed by atoms with Gasteiger partial charge >= 0.3 is 5.97 Å². The molecule has 0 saturated heterocycles. The Morgan fingerprint density at radius 2 is 2.33 bits per heavy atom. The van der Waals surface area contributed by atoms with Crippen LogP contribution in [0, 0.1) is 0 Å². The number of amides is 1. The molecule has 0 aliphatic rings. The predicted molar refractivity (Wildman–Crippen MR) is 64.6 cm³/mol. The lowest BCUT2D eigenvalue weighted by Crippen LogP contribution is -2.13. The van der Waals surface area contributed by atoms with E-state index >= 15 is 0 Å². The highest BCUT2D eigenvalue weighted by atomic mass is 32.1. The van der Waals surface area contributed by atoms with E-state index in [1.54, 1.807) is 24.7 Å². The van der Waals surface area contributed by atoms with Gasteiger partial charge in [0, 0.05) is 18.6 Å². The first-order valence-electron chi connectivity index (χ1n) is 5.02. The van der Waals surface area contributed by atoms with E-state index in [0.717, 1.165) is 0 Å². The zero-order chi connectivity index (χ0) is 13.1. The molecule has 0 atom stereocenters.